The highest BCUT2D eigenvalue weighted by atomic mass is 35.5. The molecule has 0 aliphatic rings. The van der Waals surface area contributed by atoms with Crippen LogP contribution in [0.4, 0.5) is 13.2 Å². The average molecular weight is 438 g/mol. The van der Waals surface area contributed by atoms with Crippen molar-refractivity contribution in [1.29, 1.82) is 0 Å². The average Bonchev–Trinajstić information content (AvgIpc) is 2.71. The summed E-state index contributed by atoms with van der Waals surface area (Å²) in [6.07, 6.45) is 1.38. The minimum Gasteiger partial charge on any atom is -0.424 e. The van der Waals surface area contributed by atoms with Crippen molar-refractivity contribution < 1.29 is 22.7 Å². The molecule has 156 valence electrons. The molecule has 0 N–H and O–H groups in total. The Balaban J connectivity index is 1.99. The van der Waals surface area contributed by atoms with E-state index in [1.807, 2.05) is 0 Å². The Labute approximate surface area is 174 Å². The van der Waals surface area contributed by atoms with Crippen molar-refractivity contribution in [2.75, 3.05) is 6.61 Å². The van der Waals surface area contributed by atoms with Gasteiger partial charge in [0, 0.05) is 6.21 Å². The molecule has 2 heterocycles. The number of aryl methyl sites for hydroxylation is 1. The Morgan fingerprint density at radius 3 is 2.63 bits per heavy atom. The topological polar surface area (TPSA) is 82.4 Å². The lowest BCUT2D eigenvalue weighted by Crippen LogP contribution is -2.13. The SMILES string of the molecule is C=CCON=CCCc1nc(C(F)(F)F)nc2cccc(Oc3ncc(Cl)cn3)c12. The van der Waals surface area contributed by atoms with Gasteiger partial charge in [-0.3, -0.25) is 0 Å². The number of nitrogens with zero attached hydrogens (tertiary/aromatic N) is 5. The monoisotopic (exact) mass is 437 g/mol. The maximum Gasteiger partial charge on any atom is 0.451 e. The zero-order valence-corrected chi connectivity index (χ0v) is 16.2. The number of hydrogen-bond acceptors (Lipinski definition) is 7. The smallest absolute Gasteiger partial charge is 0.424 e. The molecule has 0 unspecified atom stereocenters. The van der Waals surface area contributed by atoms with Gasteiger partial charge in [-0.2, -0.15) is 13.2 Å². The predicted octanol–water partition coefficient (Wildman–Crippen LogP) is 5.01. The van der Waals surface area contributed by atoms with Gasteiger partial charge in [-0.1, -0.05) is 35.5 Å². The fourth-order valence-electron chi connectivity index (χ4n) is 2.47. The maximum atomic E-state index is 13.3. The zero-order chi connectivity index (χ0) is 21.6. The molecule has 11 heteroatoms. The second kappa shape index (κ2) is 9.49. The Bertz CT molecular complexity index is 1060. The zero-order valence-electron chi connectivity index (χ0n) is 15.4. The van der Waals surface area contributed by atoms with E-state index in [4.69, 9.17) is 21.2 Å². The summed E-state index contributed by atoms with van der Waals surface area (Å²) in [4.78, 5) is 20.1. The van der Waals surface area contributed by atoms with Crippen molar-refractivity contribution in [3.05, 3.63) is 59.8 Å². The van der Waals surface area contributed by atoms with Gasteiger partial charge in [-0.15, -0.1) is 0 Å². The number of hydrogen-bond donors (Lipinski definition) is 0. The largest absolute Gasteiger partial charge is 0.451 e. The van der Waals surface area contributed by atoms with E-state index in [-0.39, 0.29) is 42.4 Å². The number of rotatable bonds is 8. The Hall–Kier alpha value is -3.27. The van der Waals surface area contributed by atoms with Crippen molar-refractivity contribution in [2.45, 2.75) is 19.0 Å². The van der Waals surface area contributed by atoms with Crippen molar-refractivity contribution in [2.24, 2.45) is 5.16 Å². The van der Waals surface area contributed by atoms with E-state index in [0.717, 1.165) is 0 Å². The van der Waals surface area contributed by atoms with E-state index in [9.17, 15) is 13.2 Å². The van der Waals surface area contributed by atoms with Gasteiger partial charge < -0.3 is 9.57 Å². The van der Waals surface area contributed by atoms with Crippen LogP contribution in [0.3, 0.4) is 0 Å². The maximum absolute atomic E-state index is 13.3. The standard InChI is InChI=1S/C19H15ClF3N5O2/c1-2-9-29-26-8-4-6-14-16-13(27-17(28-14)19(21,22)23)5-3-7-15(16)30-18-24-10-12(20)11-25-18/h2-3,5,7-8,10-11H,1,4,6,9H2. The van der Waals surface area contributed by atoms with Gasteiger partial charge in [0.05, 0.1) is 34.0 Å². The molecule has 0 amide bonds. The summed E-state index contributed by atoms with van der Waals surface area (Å²) in [5, 5.41) is 4.34. The van der Waals surface area contributed by atoms with Crippen LogP contribution in [0.2, 0.25) is 5.02 Å². The molecule has 3 aromatic rings. The first-order valence-electron chi connectivity index (χ1n) is 8.65. The highest BCUT2D eigenvalue weighted by Gasteiger charge is 2.35. The van der Waals surface area contributed by atoms with Crippen LogP contribution in [0, 0.1) is 0 Å². The van der Waals surface area contributed by atoms with Crippen LogP contribution in [0.1, 0.15) is 17.9 Å². The number of aromatic nitrogens is 4. The lowest BCUT2D eigenvalue weighted by atomic mass is 10.1. The van der Waals surface area contributed by atoms with Gasteiger partial charge in [-0.25, -0.2) is 19.9 Å². The second-order valence-electron chi connectivity index (χ2n) is 5.84. The third-order valence-electron chi connectivity index (χ3n) is 3.66. The summed E-state index contributed by atoms with van der Waals surface area (Å²) in [5.74, 6) is -1.01. The third kappa shape index (κ3) is 5.41. The van der Waals surface area contributed by atoms with Crippen molar-refractivity contribution in [3.63, 3.8) is 0 Å². The van der Waals surface area contributed by atoms with E-state index in [1.54, 1.807) is 6.07 Å². The Morgan fingerprint density at radius 1 is 1.17 bits per heavy atom. The molecule has 7 nitrogen and oxygen atoms in total. The van der Waals surface area contributed by atoms with Crippen molar-refractivity contribution in [1.82, 2.24) is 19.9 Å². The lowest BCUT2D eigenvalue weighted by Gasteiger charge is -2.13. The minimum atomic E-state index is -4.69. The van der Waals surface area contributed by atoms with Gasteiger partial charge in [0.15, 0.2) is 0 Å². The van der Waals surface area contributed by atoms with Gasteiger partial charge in [0.1, 0.15) is 12.4 Å². The van der Waals surface area contributed by atoms with Crippen molar-refractivity contribution >= 4 is 28.7 Å². The number of ether oxygens (including phenoxy) is 1. The summed E-state index contributed by atoms with van der Waals surface area (Å²) in [7, 11) is 0. The van der Waals surface area contributed by atoms with Crippen LogP contribution in [0.15, 0.2) is 48.4 Å². The minimum absolute atomic E-state index is 0.0165. The van der Waals surface area contributed by atoms with E-state index in [2.05, 4.69) is 31.7 Å². The first-order valence-corrected chi connectivity index (χ1v) is 9.03. The van der Waals surface area contributed by atoms with Crippen LogP contribution < -0.4 is 4.74 Å². The van der Waals surface area contributed by atoms with Crippen LogP contribution in [-0.4, -0.2) is 32.8 Å². The Kier molecular flexibility index (Phi) is 6.78. The van der Waals surface area contributed by atoms with E-state index < -0.39 is 12.0 Å². The molecule has 1 aromatic carbocycles. The van der Waals surface area contributed by atoms with Gasteiger partial charge in [0.25, 0.3) is 0 Å². The molecular weight excluding hydrogens is 423 g/mol. The quantitative estimate of drug-likeness (QED) is 0.213. The normalized spacial score (nSPS) is 11.7. The fraction of sp³-hybridized carbons (Fsp3) is 0.211. The predicted molar refractivity (Wildman–Crippen MR) is 105 cm³/mol. The Morgan fingerprint density at radius 2 is 1.93 bits per heavy atom. The number of benzene rings is 1. The summed E-state index contributed by atoms with van der Waals surface area (Å²) in [6.45, 7) is 3.71. The highest BCUT2D eigenvalue weighted by Crippen LogP contribution is 2.34. The second-order valence-corrected chi connectivity index (χ2v) is 6.28. The van der Waals surface area contributed by atoms with Crippen LogP contribution in [0.25, 0.3) is 10.9 Å². The molecule has 0 spiro atoms. The molecular formula is C19H15ClF3N5O2. The highest BCUT2D eigenvalue weighted by molar-refractivity contribution is 6.30. The number of fused-ring (bicyclic) bond motifs is 1. The molecule has 0 atom stereocenters. The van der Waals surface area contributed by atoms with Crippen LogP contribution >= 0.6 is 11.6 Å². The molecule has 2 aromatic heterocycles. The first-order chi connectivity index (χ1) is 14.4. The number of halogens is 4. The summed E-state index contributed by atoms with van der Waals surface area (Å²) >= 11 is 5.76. The molecule has 30 heavy (non-hydrogen) atoms. The molecule has 0 saturated heterocycles. The summed E-state index contributed by atoms with van der Waals surface area (Å²) in [6, 6.07) is 4.53. The number of alkyl halides is 3. The summed E-state index contributed by atoms with van der Waals surface area (Å²) < 4.78 is 45.5. The van der Waals surface area contributed by atoms with Crippen molar-refractivity contribution in [3.8, 4) is 11.8 Å². The van der Waals surface area contributed by atoms with E-state index in [1.165, 1.54) is 36.8 Å². The van der Waals surface area contributed by atoms with Crippen LogP contribution in [0.5, 0.6) is 11.8 Å². The molecule has 0 aliphatic carbocycles. The van der Waals surface area contributed by atoms with Gasteiger partial charge >= 0.3 is 12.2 Å². The van der Waals surface area contributed by atoms with Gasteiger partial charge in [0.2, 0.25) is 5.82 Å². The lowest BCUT2D eigenvalue weighted by molar-refractivity contribution is -0.144. The molecule has 0 fully saturated rings. The van der Waals surface area contributed by atoms with Crippen LogP contribution in [-0.2, 0) is 17.4 Å². The van der Waals surface area contributed by atoms with E-state index >= 15 is 0 Å². The molecule has 0 aliphatic heterocycles. The molecule has 0 bridgehead atoms. The van der Waals surface area contributed by atoms with Gasteiger partial charge in [-0.05, 0) is 25.0 Å². The third-order valence-corrected chi connectivity index (χ3v) is 3.86. The van der Waals surface area contributed by atoms with E-state index in [0.29, 0.717) is 10.4 Å². The first kappa shape index (κ1) is 21.4. The fourth-order valence-corrected chi connectivity index (χ4v) is 2.57. The molecule has 0 saturated carbocycles. The summed E-state index contributed by atoms with van der Waals surface area (Å²) in [5.41, 5.74) is 0.227. The molecule has 3 rings (SSSR count). The number of oxime groups is 1. The molecule has 0 radical (unpaired) electrons.